The van der Waals surface area contributed by atoms with Crippen LogP contribution in [0.5, 0.6) is 0 Å². The van der Waals surface area contributed by atoms with E-state index in [4.69, 9.17) is 10.5 Å². The summed E-state index contributed by atoms with van der Waals surface area (Å²) in [6.45, 7) is 4.43. The topological polar surface area (TPSA) is 85.5 Å². The normalized spacial score (nSPS) is 16.6. The minimum Gasteiger partial charge on any atom is -0.465 e. The van der Waals surface area contributed by atoms with Crippen LogP contribution in [0.15, 0.2) is 18.3 Å². The highest BCUT2D eigenvalue weighted by molar-refractivity contribution is 5.99. The number of ether oxygens (including phenoxy) is 1. The van der Waals surface area contributed by atoms with Gasteiger partial charge in [0.15, 0.2) is 5.78 Å². The maximum atomic E-state index is 12.2. The van der Waals surface area contributed by atoms with Crippen molar-refractivity contribution in [3.05, 3.63) is 23.9 Å². The third kappa shape index (κ3) is 10.7. The summed E-state index contributed by atoms with van der Waals surface area (Å²) in [6, 6.07) is 3.52. The number of pyridine rings is 1. The molecule has 2 N–H and O–H groups in total. The molecule has 33 heavy (non-hydrogen) atoms. The second kappa shape index (κ2) is 16.6. The third-order valence-corrected chi connectivity index (χ3v) is 6.66. The average Bonchev–Trinajstić information content (AvgIpc) is 2.82. The van der Waals surface area contributed by atoms with E-state index in [0.29, 0.717) is 24.4 Å². The van der Waals surface area contributed by atoms with Crippen LogP contribution in [-0.2, 0) is 9.53 Å². The van der Waals surface area contributed by atoms with E-state index in [9.17, 15) is 9.59 Å². The van der Waals surface area contributed by atoms with Crippen LogP contribution in [0.4, 0.5) is 5.82 Å². The molecule has 0 amide bonds. The second-order valence-electron chi connectivity index (χ2n) is 9.30. The molecule has 1 aliphatic rings. The molecule has 6 heteroatoms. The first-order valence-corrected chi connectivity index (χ1v) is 13.3. The number of unbranched alkanes of at least 4 members (excludes halogenated alkanes) is 10. The molecule has 6 nitrogen and oxygen atoms in total. The zero-order chi connectivity index (χ0) is 23.7. The first-order valence-electron chi connectivity index (χ1n) is 13.3. The molecule has 0 bridgehead atoms. The molecular formula is C27H45N3O3. The number of aromatic nitrogens is 1. The number of nitrogens with zero attached hydrogens (tertiary/aromatic N) is 2. The lowest BCUT2D eigenvalue weighted by Crippen LogP contribution is -2.45. The number of nitrogen functional groups attached to an aromatic ring is 1. The van der Waals surface area contributed by atoms with E-state index in [1.165, 1.54) is 64.2 Å². The Hall–Kier alpha value is -1.95. The van der Waals surface area contributed by atoms with Gasteiger partial charge in [0.1, 0.15) is 11.9 Å². The number of Topliss-reactive ketones (excluding diaryl/α,β-unsaturated/α-hetero) is 1. The van der Waals surface area contributed by atoms with Gasteiger partial charge in [0.2, 0.25) is 0 Å². The minimum atomic E-state index is -0.0259. The van der Waals surface area contributed by atoms with Gasteiger partial charge in [-0.15, -0.1) is 0 Å². The summed E-state index contributed by atoms with van der Waals surface area (Å²) in [7, 11) is 0. The third-order valence-electron chi connectivity index (χ3n) is 6.66. The molecule has 1 unspecified atom stereocenters. The number of likely N-dealkylation sites (tertiary alicyclic amines) is 1. The predicted molar refractivity (Wildman–Crippen MR) is 134 cm³/mol. The fourth-order valence-electron chi connectivity index (χ4n) is 4.74. The van der Waals surface area contributed by atoms with Gasteiger partial charge < -0.3 is 10.5 Å². The number of carbonyl (C=O) groups excluding carboxylic acids is 2. The second-order valence-corrected chi connectivity index (χ2v) is 9.30. The number of esters is 1. The van der Waals surface area contributed by atoms with Gasteiger partial charge in [0.25, 0.3) is 0 Å². The number of rotatable bonds is 17. The lowest BCUT2D eigenvalue weighted by atomic mass is 10.0. The van der Waals surface area contributed by atoms with Gasteiger partial charge in [-0.25, -0.2) is 4.98 Å². The van der Waals surface area contributed by atoms with E-state index in [0.717, 1.165) is 38.8 Å². The Labute approximate surface area is 200 Å². The first kappa shape index (κ1) is 27.3. The van der Waals surface area contributed by atoms with Gasteiger partial charge in [-0.1, -0.05) is 64.2 Å². The fraction of sp³-hybridized carbons (Fsp3) is 0.741. The van der Waals surface area contributed by atoms with Gasteiger partial charge in [-0.3, -0.25) is 14.5 Å². The Morgan fingerprint density at radius 3 is 2.27 bits per heavy atom. The maximum Gasteiger partial charge on any atom is 0.323 e. The van der Waals surface area contributed by atoms with Crippen LogP contribution in [0, 0.1) is 0 Å². The molecule has 0 aromatic carbocycles. The van der Waals surface area contributed by atoms with E-state index >= 15 is 0 Å². The molecule has 0 radical (unpaired) electrons. The molecule has 1 fully saturated rings. The Kier molecular flexibility index (Phi) is 13.8. The van der Waals surface area contributed by atoms with Crippen LogP contribution in [0.25, 0.3) is 0 Å². The van der Waals surface area contributed by atoms with Crippen molar-refractivity contribution < 1.29 is 14.3 Å². The van der Waals surface area contributed by atoms with E-state index in [1.807, 2.05) is 6.92 Å². The molecule has 186 valence electrons. The van der Waals surface area contributed by atoms with Crippen molar-refractivity contribution >= 4 is 17.6 Å². The Morgan fingerprint density at radius 1 is 1.00 bits per heavy atom. The average molecular weight is 460 g/mol. The predicted octanol–water partition coefficient (Wildman–Crippen LogP) is 5.95. The number of hydrogen-bond donors (Lipinski definition) is 1. The Balaban J connectivity index is 1.39. The van der Waals surface area contributed by atoms with Gasteiger partial charge in [0, 0.05) is 12.6 Å². The molecule has 2 rings (SSSR count). The van der Waals surface area contributed by atoms with Crippen LogP contribution in [0.2, 0.25) is 0 Å². The highest BCUT2D eigenvalue weighted by atomic mass is 16.5. The molecular weight excluding hydrogens is 414 g/mol. The Bertz CT molecular complexity index is 695. The zero-order valence-electron chi connectivity index (χ0n) is 20.7. The molecule has 0 saturated carbocycles. The highest BCUT2D eigenvalue weighted by Gasteiger charge is 2.29. The van der Waals surface area contributed by atoms with Crippen molar-refractivity contribution in [2.24, 2.45) is 0 Å². The SMILES string of the molecule is CCOC(=O)C1CCCCN1CCCCCCCCCCCCCC(=O)c1cccnc1N. The van der Waals surface area contributed by atoms with Crippen LogP contribution < -0.4 is 5.73 Å². The molecule has 1 aromatic heterocycles. The van der Waals surface area contributed by atoms with Crippen molar-refractivity contribution in [3.8, 4) is 0 Å². The van der Waals surface area contributed by atoms with Gasteiger partial charge in [0.05, 0.1) is 12.2 Å². The summed E-state index contributed by atoms with van der Waals surface area (Å²) < 4.78 is 5.26. The molecule has 0 spiro atoms. The standard InChI is InChI=1S/C27H45N3O3/c1-2-33-27(32)24-18-13-15-22-30(24)21-14-11-9-7-5-3-4-6-8-10-12-19-25(31)23-17-16-20-29-26(23)28/h16-17,20,24H,2-15,18-19,21-22H2,1H3,(H2,28,29). The number of piperidine rings is 1. The molecule has 0 aliphatic carbocycles. The van der Waals surface area contributed by atoms with E-state index in [2.05, 4.69) is 9.88 Å². The van der Waals surface area contributed by atoms with Gasteiger partial charge >= 0.3 is 5.97 Å². The first-order chi connectivity index (χ1) is 16.1. The zero-order valence-corrected chi connectivity index (χ0v) is 20.7. The van der Waals surface area contributed by atoms with E-state index in [1.54, 1.807) is 18.3 Å². The summed E-state index contributed by atoms with van der Waals surface area (Å²) in [5.41, 5.74) is 6.33. The molecule has 1 aliphatic heterocycles. The largest absolute Gasteiger partial charge is 0.465 e. The van der Waals surface area contributed by atoms with Crippen molar-refractivity contribution in [1.29, 1.82) is 0 Å². The van der Waals surface area contributed by atoms with Gasteiger partial charge in [-0.2, -0.15) is 0 Å². The number of carbonyl (C=O) groups is 2. The van der Waals surface area contributed by atoms with Crippen LogP contribution in [-0.4, -0.2) is 47.4 Å². The Morgan fingerprint density at radius 2 is 1.64 bits per heavy atom. The quantitative estimate of drug-likeness (QED) is 0.176. The minimum absolute atomic E-state index is 0.00898. The van der Waals surface area contributed by atoms with E-state index in [-0.39, 0.29) is 17.8 Å². The van der Waals surface area contributed by atoms with Crippen LogP contribution in [0.1, 0.15) is 114 Å². The number of hydrogen-bond acceptors (Lipinski definition) is 6. The smallest absolute Gasteiger partial charge is 0.323 e. The summed E-state index contributed by atoms with van der Waals surface area (Å²) in [5, 5.41) is 0. The molecule has 1 aromatic rings. The van der Waals surface area contributed by atoms with E-state index < -0.39 is 0 Å². The van der Waals surface area contributed by atoms with Crippen LogP contribution in [0.3, 0.4) is 0 Å². The van der Waals surface area contributed by atoms with Crippen molar-refractivity contribution in [2.45, 2.75) is 109 Å². The summed E-state index contributed by atoms with van der Waals surface area (Å²) >= 11 is 0. The van der Waals surface area contributed by atoms with Crippen molar-refractivity contribution in [1.82, 2.24) is 9.88 Å². The van der Waals surface area contributed by atoms with Crippen molar-refractivity contribution in [2.75, 3.05) is 25.4 Å². The lowest BCUT2D eigenvalue weighted by molar-refractivity contribution is -0.150. The highest BCUT2D eigenvalue weighted by Crippen LogP contribution is 2.20. The molecule has 1 atom stereocenters. The summed E-state index contributed by atoms with van der Waals surface area (Å²) in [5.74, 6) is 0.425. The number of ketones is 1. The number of anilines is 1. The van der Waals surface area contributed by atoms with Crippen LogP contribution >= 0.6 is 0 Å². The number of nitrogens with two attached hydrogens (primary N) is 1. The molecule has 2 heterocycles. The monoisotopic (exact) mass is 459 g/mol. The summed E-state index contributed by atoms with van der Waals surface area (Å²) in [6.07, 6.45) is 18.9. The summed E-state index contributed by atoms with van der Waals surface area (Å²) in [4.78, 5) is 30.6. The van der Waals surface area contributed by atoms with Crippen molar-refractivity contribution in [3.63, 3.8) is 0 Å². The lowest BCUT2D eigenvalue weighted by Gasteiger charge is -2.33. The maximum absolute atomic E-state index is 12.2. The van der Waals surface area contributed by atoms with Gasteiger partial charge in [-0.05, 0) is 57.8 Å². The fourth-order valence-corrected chi connectivity index (χ4v) is 4.74. The molecule has 1 saturated heterocycles.